The summed E-state index contributed by atoms with van der Waals surface area (Å²) in [5.41, 5.74) is 2.60. The van der Waals surface area contributed by atoms with Crippen molar-refractivity contribution in [2.24, 2.45) is 5.92 Å². The molecule has 0 saturated heterocycles. The Morgan fingerprint density at radius 2 is 2.19 bits per heavy atom. The van der Waals surface area contributed by atoms with Crippen molar-refractivity contribution < 1.29 is 0 Å². The van der Waals surface area contributed by atoms with Crippen LogP contribution < -0.4 is 5.32 Å². The summed E-state index contributed by atoms with van der Waals surface area (Å²) in [5.74, 6) is 0.911. The summed E-state index contributed by atoms with van der Waals surface area (Å²) in [5, 5.41) is 3.56. The van der Waals surface area contributed by atoms with Crippen LogP contribution in [0.25, 0.3) is 0 Å². The van der Waals surface area contributed by atoms with Gasteiger partial charge < -0.3 is 5.32 Å². The highest BCUT2D eigenvalue weighted by Gasteiger charge is 2.14. The van der Waals surface area contributed by atoms with E-state index in [0.717, 1.165) is 18.9 Å². The van der Waals surface area contributed by atoms with E-state index in [0.29, 0.717) is 0 Å². The van der Waals surface area contributed by atoms with Crippen LogP contribution in [0.4, 0.5) is 0 Å². The fourth-order valence-electron chi connectivity index (χ4n) is 2.56. The van der Waals surface area contributed by atoms with Gasteiger partial charge in [0.25, 0.3) is 0 Å². The summed E-state index contributed by atoms with van der Waals surface area (Å²) in [6, 6.07) is 4.21. The fourth-order valence-corrected chi connectivity index (χ4v) is 2.56. The second kappa shape index (κ2) is 6.00. The Balaban J connectivity index is 1.79. The first-order valence-electron chi connectivity index (χ1n) is 6.53. The molecule has 1 saturated carbocycles. The van der Waals surface area contributed by atoms with Gasteiger partial charge in [0.05, 0.1) is 5.69 Å². The monoisotopic (exact) mass is 218 g/mol. The quantitative estimate of drug-likeness (QED) is 0.822. The lowest BCUT2D eigenvalue weighted by Crippen LogP contribution is -2.21. The molecule has 1 aliphatic carbocycles. The molecule has 0 radical (unpaired) electrons. The first kappa shape index (κ1) is 11.6. The number of pyridine rings is 1. The van der Waals surface area contributed by atoms with Gasteiger partial charge in [0.1, 0.15) is 0 Å². The van der Waals surface area contributed by atoms with E-state index in [4.69, 9.17) is 0 Å². The van der Waals surface area contributed by atoms with Gasteiger partial charge in [-0.25, -0.2) is 0 Å². The number of rotatable bonds is 5. The van der Waals surface area contributed by atoms with Crippen LogP contribution >= 0.6 is 0 Å². The Labute approximate surface area is 98.5 Å². The van der Waals surface area contributed by atoms with Crippen LogP contribution in [0.2, 0.25) is 0 Å². The summed E-state index contributed by atoms with van der Waals surface area (Å²) in [7, 11) is 0. The Hall–Kier alpha value is -0.890. The van der Waals surface area contributed by atoms with Crippen molar-refractivity contribution >= 4 is 0 Å². The van der Waals surface area contributed by atoms with Gasteiger partial charge in [-0.05, 0) is 43.4 Å². The topological polar surface area (TPSA) is 24.9 Å². The number of hydrogen-bond donors (Lipinski definition) is 1. The van der Waals surface area contributed by atoms with Crippen LogP contribution in [0.5, 0.6) is 0 Å². The summed E-state index contributed by atoms with van der Waals surface area (Å²) in [6.07, 6.45) is 8.65. The van der Waals surface area contributed by atoms with Gasteiger partial charge in [0.2, 0.25) is 0 Å². The van der Waals surface area contributed by atoms with E-state index in [9.17, 15) is 0 Å². The molecule has 1 fully saturated rings. The number of nitrogens with one attached hydrogen (secondary N) is 1. The first-order chi connectivity index (χ1) is 7.90. The van der Waals surface area contributed by atoms with Crippen molar-refractivity contribution in [1.29, 1.82) is 0 Å². The van der Waals surface area contributed by atoms with Gasteiger partial charge in [0.15, 0.2) is 0 Å². The highest BCUT2D eigenvalue weighted by Crippen LogP contribution is 2.23. The summed E-state index contributed by atoms with van der Waals surface area (Å²) in [4.78, 5) is 4.45. The van der Waals surface area contributed by atoms with Crippen LogP contribution in [0.1, 0.15) is 43.9 Å². The smallest absolute Gasteiger partial charge is 0.0573 e. The maximum Gasteiger partial charge on any atom is 0.0573 e. The van der Waals surface area contributed by atoms with Gasteiger partial charge in [-0.3, -0.25) is 4.98 Å². The molecule has 2 heteroatoms. The number of aryl methyl sites for hydroxylation is 1. The van der Waals surface area contributed by atoms with Gasteiger partial charge in [-0.1, -0.05) is 25.8 Å². The molecule has 0 spiro atoms. The lowest BCUT2D eigenvalue weighted by atomic mass is 10.1. The molecular formula is C14H22N2. The third-order valence-electron chi connectivity index (χ3n) is 3.57. The molecule has 1 heterocycles. The van der Waals surface area contributed by atoms with Gasteiger partial charge >= 0.3 is 0 Å². The molecule has 0 aliphatic heterocycles. The molecule has 1 aromatic heterocycles. The number of aromatic nitrogens is 1. The van der Waals surface area contributed by atoms with Crippen molar-refractivity contribution in [3.05, 3.63) is 29.6 Å². The molecule has 1 N–H and O–H groups in total. The van der Waals surface area contributed by atoms with E-state index in [2.05, 4.69) is 23.3 Å². The van der Waals surface area contributed by atoms with Crippen molar-refractivity contribution in [2.45, 2.75) is 45.6 Å². The molecule has 2 rings (SSSR count). The third kappa shape index (κ3) is 3.05. The normalized spacial score (nSPS) is 16.8. The summed E-state index contributed by atoms with van der Waals surface area (Å²) in [6.45, 7) is 4.29. The molecule has 0 bridgehead atoms. The minimum Gasteiger partial charge on any atom is -0.311 e. The van der Waals surface area contributed by atoms with Crippen molar-refractivity contribution in [1.82, 2.24) is 10.3 Å². The Morgan fingerprint density at radius 3 is 2.94 bits per heavy atom. The Bertz CT molecular complexity index is 316. The number of hydrogen-bond acceptors (Lipinski definition) is 2. The number of nitrogens with zero attached hydrogens (tertiary/aromatic N) is 1. The fraction of sp³-hybridized carbons (Fsp3) is 0.643. The van der Waals surface area contributed by atoms with Crippen LogP contribution in [0.15, 0.2) is 18.3 Å². The molecule has 16 heavy (non-hydrogen) atoms. The zero-order valence-electron chi connectivity index (χ0n) is 10.2. The minimum absolute atomic E-state index is 0.911. The second-order valence-corrected chi connectivity index (χ2v) is 4.74. The molecule has 1 aromatic rings. The highest BCUT2D eigenvalue weighted by molar-refractivity contribution is 5.19. The van der Waals surface area contributed by atoms with E-state index in [1.165, 1.54) is 43.5 Å². The predicted octanol–water partition coefficient (Wildman–Crippen LogP) is 2.92. The Morgan fingerprint density at radius 1 is 1.38 bits per heavy atom. The van der Waals surface area contributed by atoms with E-state index < -0.39 is 0 Å². The SMILES string of the molecule is CCc1cccnc1CNCC1CCCC1. The molecule has 0 atom stereocenters. The van der Waals surface area contributed by atoms with E-state index in [1.807, 2.05) is 12.3 Å². The maximum absolute atomic E-state index is 4.45. The second-order valence-electron chi connectivity index (χ2n) is 4.74. The predicted molar refractivity (Wildman–Crippen MR) is 67.3 cm³/mol. The molecule has 2 nitrogen and oxygen atoms in total. The Kier molecular flexibility index (Phi) is 4.34. The molecule has 0 unspecified atom stereocenters. The standard InChI is InChI=1S/C14H22N2/c1-2-13-8-5-9-16-14(13)11-15-10-12-6-3-4-7-12/h5,8-9,12,15H,2-4,6-7,10-11H2,1H3. The van der Waals surface area contributed by atoms with E-state index in [1.54, 1.807) is 0 Å². The van der Waals surface area contributed by atoms with Crippen LogP contribution in [0.3, 0.4) is 0 Å². The first-order valence-corrected chi connectivity index (χ1v) is 6.53. The molecule has 0 amide bonds. The average molecular weight is 218 g/mol. The van der Waals surface area contributed by atoms with Gasteiger partial charge in [0, 0.05) is 12.7 Å². The van der Waals surface area contributed by atoms with Crippen molar-refractivity contribution in [2.75, 3.05) is 6.54 Å². The zero-order chi connectivity index (χ0) is 11.2. The third-order valence-corrected chi connectivity index (χ3v) is 3.57. The molecule has 1 aliphatic rings. The molecule has 0 aromatic carbocycles. The van der Waals surface area contributed by atoms with Crippen LogP contribution in [-0.2, 0) is 13.0 Å². The average Bonchev–Trinajstić information content (AvgIpc) is 2.83. The van der Waals surface area contributed by atoms with Crippen molar-refractivity contribution in [3.63, 3.8) is 0 Å². The highest BCUT2D eigenvalue weighted by atomic mass is 14.9. The lowest BCUT2D eigenvalue weighted by Gasteiger charge is -2.11. The minimum atomic E-state index is 0.911. The summed E-state index contributed by atoms with van der Waals surface area (Å²) < 4.78 is 0. The lowest BCUT2D eigenvalue weighted by molar-refractivity contribution is 0.486. The zero-order valence-corrected chi connectivity index (χ0v) is 10.2. The largest absolute Gasteiger partial charge is 0.311 e. The van der Waals surface area contributed by atoms with Crippen LogP contribution in [0, 0.1) is 5.92 Å². The summed E-state index contributed by atoms with van der Waals surface area (Å²) >= 11 is 0. The van der Waals surface area contributed by atoms with Gasteiger partial charge in [-0.15, -0.1) is 0 Å². The van der Waals surface area contributed by atoms with Crippen LogP contribution in [-0.4, -0.2) is 11.5 Å². The molecule has 88 valence electrons. The molecular weight excluding hydrogens is 196 g/mol. The maximum atomic E-state index is 4.45. The van der Waals surface area contributed by atoms with Gasteiger partial charge in [-0.2, -0.15) is 0 Å². The van der Waals surface area contributed by atoms with Crippen molar-refractivity contribution in [3.8, 4) is 0 Å². The van der Waals surface area contributed by atoms with E-state index in [-0.39, 0.29) is 0 Å². The van der Waals surface area contributed by atoms with E-state index >= 15 is 0 Å².